The Morgan fingerprint density at radius 2 is 2.22 bits per heavy atom. The lowest BCUT2D eigenvalue weighted by molar-refractivity contribution is 0.0940. The number of aryl methyl sites for hydroxylation is 1. The van der Waals surface area contributed by atoms with Crippen molar-refractivity contribution in [1.29, 1.82) is 0 Å². The lowest BCUT2D eigenvalue weighted by Gasteiger charge is -2.21. The van der Waals surface area contributed by atoms with Gasteiger partial charge in [-0.15, -0.1) is 0 Å². The first-order valence-electron chi connectivity index (χ1n) is 6.37. The summed E-state index contributed by atoms with van der Waals surface area (Å²) < 4.78 is 0. The van der Waals surface area contributed by atoms with Crippen molar-refractivity contribution in [2.75, 3.05) is 25.0 Å². The quantitative estimate of drug-likeness (QED) is 0.677. The van der Waals surface area contributed by atoms with Gasteiger partial charge in [-0.2, -0.15) is 0 Å². The van der Waals surface area contributed by atoms with Crippen molar-refractivity contribution in [1.82, 2.24) is 20.6 Å². The highest BCUT2D eigenvalue weighted by Crippen LogP contribution is 2.21. The van der Waals surface area contributed by atoms with E-state index in [1.165, 1.54) is 0 Å². The molecule has 0 spiro atoms. The summed E-state index contributed by atoms with van der Waals surface area (Å²) in [5, 5.41) is 9.56. The molecule has 1 aromatic heterocycles. The molecule has 1 aromatic rings. The summed E-state index contributed by atoms with van der Waals surface area (Å²) in [6.45, 7) is 4.46. The molecular formula is C12H17N5O. The molecule has 0 aromatic carbocycles. The van der Waals surface area contributed by atoms with Crippen LogP contribution in [0.5, 0.6) is 0 Å². The number of hydrogen-bond acceptors (Lipinski definition) is 5. The molecule has 6 nitrogen and oxygen atoms in total. The molecule has 2 aliphatic heterocycles. The molecule has 3 heterocycles. The van der Waals surface area contributed by atoms with E-state index in [9.17, 15) is 4.79 Å². The third kappa shape index (κ3) is 2.03. The first-order valence-corrected chi connectivity index (χ1v) is 6.37. The molecule has 0 radical (unpaired) electrons. The molecule has 1 atom stereocenters. The van der Waals surface area contributed by atoms with Gasteiger partial charge in [0, 0.05) is 24.7 Å². The Labute approximate surface area is 106 Å². The summed E-state index contributed by atoms with van der Waals surface area (Å²) in [5.41, 5.74) is 1.48. The molecule has 0 saturated carbocycles. The Morgan fingerprint density at radius 3 is 3.00 bits per heavy atom. The van der Waals surface area contributed by atoms with Crippen LogP contribution in [-0.2, 0) is 6.42 Å². The second-order valence-electron chi connectivity index (χ2n) is 4.79. The van der Waals surface area contributed by atoms with Gasteiger partial charge in [-0.1, -0.05) is 0 Å². The first-order chi connectivity index (χ1) is 8.74. The van der Waals surface area contributed by atoms with Crippen molar-refractivity contribution in [3.05, 3.63) is 17.1 Å². The monoisotopic (exact) mass is 247 g/mol. The number of carbonyl (C=O) groups excluding carboxylic acids is 1. The molecular weight excluding hydrogens is 230 g/mol. The average molecular weight is 247 g/mol. The lowest BCUT2D eigenvalue weighted by atomic mass is 10.1. The largest absolute Gasteiger partial charge is 0.366 e. The van der Waals surface area contributed by atoms with E-state index in [2.05, 4.69) is 25.9 Å². The number of rotatable bonds is 2. The van der Waals surface area contributed by atoms with Crippen molar-refractivity contribution < 1.29 is 4.79 Å². The number of aromatic nitrogens is 2. The van der Waals surface area contributed by atoms with Gasteiger partial charge in [0.25, 0.3) is 5.91 Å². The molecule has 96 valence electrons. The summed E-state index contributed by atoms with van der Waals surface area (Å²) in [6.07, 6.45) is 1.88. The summed E-state index contributed by atoms with van der Waals surface area (Å²) >= 11 is 0. The van der Waals surface area contributed by atoms with Crippen LogP contribution in [0.1, 0.15) is 28.3 Å². The molecule has 6 heteroatoms. The zero-order valence-corrected chi connectivity index (χ0v) is 10.4. The van der Waals surface area contributed by atoms with Crippen LogP contribution < -0.4 is 16.0 Å². The van der Waals surface area contributed by atoms with Gasteiger partial charge in [-0.3, -0.25) is 4.79 Å². The molecule has 1 amide bonds. The van der Waals surface area contributed by atoms with Gasteiger partial charge in [-0.25, -0.2) is 9.97 Å². The predicted octanol–water partition coefficient (Wildman–Crippen LogP) is -0.155. The van der Waals surface area contributed by atoms with Crippen LogP contribution in [-0.4, -0.2) is 41.6 Å². The van der Waals surface area contributed by atoms with Crippen LogP contribution >= 0.6 is 0 Å². The second-order valence-corrected chi connectivity index (χ2v) is 4.79. The molecule has 1 saturated heterocycles. The Kier molecular flexibility index (Phi) is 2.87. The molecule has 2 aliphatic rings. The van der Waals surface area contributed by atoms with E-state index in [1.807, 2.05) is 6.92 Å². The number of amides is 1. The molecule has 18 heavy (non-hydrogen) atoms. The van der Waals surface area contributed by atoms with Crippen LogP contribution in [0.3, 0.4) is 0 Å². The number of carbonyl (C=O) groups is 1. The van der Waals surface area contributed by atoms with Crippen LogP contribution in [0.15, 0.2) is 0 Å². The minimum atomic E-state index is -0.0886. The number of hydrogen-bond donors (Lipinski definition) is 3. The smallest absolute Gasteiger partial charge is 0.270 e. The van der Waals surface area contributed by atoms with Crippen LogP contribution in [0, 0.1) is 6.92 Å². The van der Waals surface area contributed by atoms with Crippen molar-refractivity contribution >= 4 is 11.7 Å². The zero-order valence-electron chi connectivity index (χ0n) is 10.4. The molecule has 0 aliphatic carbocycles. The van der Waals surface area contributed by atoms with Crippen molar-refractivity contribution in [2.24, 2.45) is 0 Å². The Balaban J connectivity index is 1.94. The number of anilines is 1. The van der Waals surface area contributed by atoms with E-state index in [4.69, 9.17) is 0 Å². The summed E-state index contributed by atoms with van der Waals surface area (Å²) in [7, 11) is 0. The third-order valence-corrected chi connectivity index (χ3v) is 3.40. The van der Waals surface area contributed by atoms with E-state index < -0.39 is 0 Å². The number of fused-ring (bicyclic) bond motifs is 1. The molecule has 3 rings (SSSR count). The van der Waals surface area contributed by atoms with E-state index in [0.29, 0.717) is 24.1 Å². The molecule has 3 N–H and O–H groups in total. The maximum absolute atomic E-state index is 11.8. The molecule has 1 unspecified atom stereocenters. The van der Waals surface area contributed by atoms with Crippen molar-refractivity contribution in [2.45, 2.75) is 25.8 Å². The van der Waals surface area contributed by atoms with Crippen LogP contribution in [0.4, 0.5) is 5.82 Å². The highest BCUT2D eigenvalue weighted by atomic mass is 16.1. The maximum Gasteiger partial charge on any atom is 0.270 e. The van der Waals surface area contributed by atoms with Crippen LogP contribution in [0.25, 0.3) is 0 Å². The molecule has 0 bridgehead atoms. The van der Waals surface area contributed by atoms with Crippen molar-refractivity contribution in [3.63, 3.8) is 0 Å². The summed E-state index contributed by atoms with van der Waals surface area (Å²) in [6, 6.07) is 0.397. The van der Waals surface area contributed by atoms with E-state index >= 15 is 0 Å². The minimum absolute atomic E-state index is 0.0886. The minimum Gasteiger partial charge on any atom is -0.366 e. The fourth-order valence-corrected chi connectivity index (χ4v) is 2.50. The second kappa shape index (κ2) is 4.53. The van der Waals surface area contributed by atoms with Gasteiger partial charge < -0.3 is 16.0 Å². The van der Waals surface area contributed by atoms with Gasteiger partial charge in [0.05, 0.1) is 0 Å². The van der Waals surface area contributed by atoms with E-state index in [0.717, 1.165) is 37.3 Å². The van der Waals surface area contributed by atoms with E-state index in [-0.39, 0.29) is 5.91 Å². The van der Waals surface area contributed by atoms with Gasteiger partial charge >= 0.3 is 0 Å². The third-order valence-electron chi connectivity index (χ3n) is 3.40. The Hall–Kier alpha value is -1.69. The van der Waals surface area contributed by atoms with E-state index in [1.54, 1.807) is 0 Å². The van der Waals surface area contributed by atoms with Crippen LogP contribution in [0.2, 0.25) is 0 Å². The Bertz CT molecular complexity index is 482. The van der Waals surface area contributed by atoms with Gasteiger partial charge in [0.2, 0.25) is 0 Å². The highest BCUT2D eigenvalue weighted by molar-refractivity contribution is 5.95. The van der Waals surface area contributed by atoms with Crippen molar-refractivity contribution in [3.8, 4) is 0 Å². The highest BCUT2D eigenvalue weighted by Gasteiger charge is 2.24. The summed E-state index contributed by atoms with van der Waals surface area (Å²) in [5.74, 6) is 1.38. The Morgan fingerprint density at radius 1 is 1.33 bits per heavy atom. The average Bonchev–Trinajstić information content (AvgIpc) is 2.83. The first kappa shape index (κ1) is 11.4. The zero-order chi connectivity index (χ0) is 12.5. The lowest BCUT2D eigenvalue weighted by Crippen LogP contribution is -2.35. The number of nitrogens with one attached hydrogen (secondary N) is 3. The maximum atomic E-state index is 11.8. The fraction of sp³-hybridized carbons (Fsp3) is 0.583. The number of nitrogens with zero attached hydrogens (tertiary/aromatic N) is 2. The summed E-state index contributed by atoms with van der Waals surface area (Å²) in [4.78, 5) is 20.5. The SMILES string of the molecule is Cc1nc(NC2CCNC2)c2c(n1)C(=O)NCC2. The topological polar surface area (TPSA) is 78.9 Å². The van der Waals surface area contributed by atoms with Gasteiger partial charge in [-0.05, 0) is 26.3 Å². The fourth-order valence-electron chi connectivity index (χ4n) is 2.50. The van der Waals surface area contributed by atoms with Gasteiger partial charge in [0.1, 0.15) is 17.3 Å². The standard InChI is InChI=1S/C12H17N5O/c1-7-15-10-9(3-5-14-12(10)18)11(16-7)17-8-2-4-13-6-8/h8,13H,2-6H2,1H3,(H,14,18)(H,15,16,17). The molecule has 1 fully saturated rings. The normalized spacial score (nSPS) is 22.5. The predicted molar refractivity (Wildman–Crippen MR) is 67.7 cm³/mol. The van der Waals surface area contributed by atoms with Gasteiger partial charge in [0.15, 0.2) is 0 Å².